The quantitative estimate of drug-likeness (QED) is 0.322. The van der Waals surface area contributed by atoms with E-state index >= 15 is 0 Å². The molecular weight excluding hydrogens is 176 g/mol. The SMILES string of the molecule is CCC(O)C[C@@](N)(N=[N+]=[N-])C(=O)O. The van der Waals surface area contributed by atoms with Gasteiger partial charge in [0.05, 0.1) is 6.10 Å². The van der Waals surface area contributed by atoms with E-state index in [1.165, 1.54) is 0 Å². The normalized spacial score (nSPS) is 16.8. The zero-order valence-corrected chi connectivity index (χ0v) is 7.21. The molecule has 0 aromatic heterocycles. The van der Waals surface area contributed by atoms with E-state index in [0.717, 1.165) is 0 Å². The molecule has 0 amide bonds. The van der Waals surface area contributed by atoms with Crippen LogP contribution in [-0.4, -0.2) is 27.9 Å². The second-order valence-corrected chi connectivity index (χ2v) is 2.69. The number of azide groups is 1. The van der Waals surface area contributed by atoms with Gasteiger partial charge < -0.3 is 15.9 Å². The molecule has 0 aliphatic carbocycles. The third-order valence-electron chi connectivity index (χ3n) is 1.61. The van der Waals surface area contributed by atoms with Crippen LogP contribution in [0.2, 0.25) is 0 Å². The molecule has 4 N–H and O–H groups in total. The Hall–Kier alpha value is -1.30. The van der Waals surface area contributed by atoms with E-state index < -0.39 is 17.7 Å². The van der Waals surface area contributed by atoms with Crippen molar-refractivity contribution in [1.29, 1.82) is 0 Å². The van der Waals surface area contributed by atoms with Gasteiger partial charge in [-0.25, -0.2) is 0 Å². The largest absolute Gasteiger partial charge is 0.480 e. The molecule has 0 spiro atoms. The molecule has 0 aromatic carbocycles. The number of hydrogen-bond acceptors (Lipinski definition) is 4. The van der Waals surface area contributed by atoms with Crippen molar-refractivity contribution in [3.63, 3.8) is 0 Å². The molecular formula is C6H12N4O3. The van der Waals surface area contributed by atoms with Gasteiger partial charge in [0.1, 0.15) is 0 Å². The summed E-state index contributed by atoms with van der Waals surface area (Å²) in [5.41, 5.74) is 11.3. The summed E-state index contributed by atoms with van der Waals surface area (Å²) >= 11 is 0. The summed E-state index contributed by atoms with van der Waals surface area (Å²) in [6.45, 7) is 1.67. The fourth-order valence-electron chi connectivity index (χ4n) is 0.754. The van der Waals surface area contributed by atoms with Crippen molar-refractivity contribution in [3.8, 4) is 0 Å². The zero-order chi connectivity index (χ0) is 10.5. The smallest absolute Gasteiger partial charge is 0.329 e. The third kappa shape index (κ3) is 3.29. The molecule has 0 fully saturated rings. The Kier molecular flexibility index (Phi) is 4.19. The van der Waals surface area contributed by atoms with Gasteiger partial charge in [0.25, 0.3) is 0 Å². The number of carboxylic acids is 1. The van der Waals surface area contributed by atoms with Crippen LogP contribution in [0.4, 0.5) is 0 Å². The molecule has 0 rings (SSSR count). The molecule has 0 saturated carbocycles. The highest BCUT2D eigenvalue weighted by Crippen LogP contribution is 2.14. The Bertz CT molecular complexity index is 234. The molecule has 0 heterocycles. The number of carboxylic acid groups (broad SMARTS) is 1. The third-order valence-corrected chi connectivity index (χ3v) is 1.61. The lowest BCUT2D eigenvalue weighted by molar-refractivity contribution is -0.144. The Morgan fingerprint density at radius 3 is 2.69 bits per heavy atom. The van der Waals surface area contributed by atoms with Gasteiger partial charge in [0.2, 0.25) is 0 Å². The van der Waals surface area contributed by atoms with Crippen molar-refractivity contribution in [2.24, 2.45) is 10.8 Å². The van der Waals surface area contributed by atoms with E-state index in [9.17, 15) is 4.79 Å². The van der Waals surface area contributed by atoms with Gasteiger partial charge in [0.15, 0.2) is 5.66 Å². The number of nitrogens with zero attached hydrogens (tertiary/aromatic N) is 3. The van der Waals surface area contributed by atoms with E-state index in [2.05, 4.69) is 10.0 Å². The van der Waals surface area contributed by atoms with Crippen LogP contribution in [0.3, 0.4) is 0 Å². The predicted molar refractivity (Wildman–Crippen MR) is 44.6 cm³/mol. The lowest BCUT2D eigenvalue weighted by Gasteiger charge is -2.20. The second-order valence-electron chi connectivity index (χ2n) is 2.69. The number of nitrogens with two attached hydrogens (primary N) is 1. The van der Waals surface area contributed by atoms with Crippen LogP contribution in [0.15, 0.2) is 5.11 Å². The molecule has 0 bridgehead atoms. The maximum atomic E-state index is 10.6. The van der Waals surface area contributed by atoms with Crippen molar-refractivity contribution in [1.82, 2.24) is 0 Å². The van der Waals surface area contributed by atoms with Crippen LogP contribution in [0, 0.1) is 0 Å². The standard InChI is InChI=1S/C6H12N4O3/c1-2-4(11)3-6(7,5(12)13)9-10-8/h4,11H,2-3,7H2,1H3,(H,12,13)/t4?,6-/m1/s1. The summed E-state index contributed by atoms with van der Waals surface area (Å²) in [6.07, 6.45) is -0.817. The molecule has 0 aromatic rings. The Balaban J connectivity index is 4.60. The summed E-state index contributed by atoms with van der Waals surface area (Å²) in [7, 11) is 0. The number of aliphatic hydroxyl groups excluding tert-OH is 1. The summed E-state index contributed by atoms with van der Waals surface area (Å²) in [5.74, 6) is -1.45. The fourth-order valence-corrected chi connectivity index (χ4v) is 0.754. The highest BCUT2D eigenvalue weighted by atomic mass is 16.4. The van der Waals surface area contributed by atoms with E-state index in [4.69, 9.17) is 21.5 Å². The lowest BCUT2D eigenvalue weighted by atomic mass is 10.0. The second kappa shape index (κ2) is 4.66. The highest BCUT2D eigenvalue weighted by Gasteiger charge is 2.34. The molecule has 2 atom stereocenters. The van der Waals surface area contributed by atoms with Gasteiger partial charge in [-0.2, -0.15) is 0 Å². The van der Waals surface area contributed by atoms with E-state index in [1.807, 2.05) is 0 Å². The summed E-state index contributed by atoms with van der Waals surface area (Å²) in [6, 6.07) is 0. The topological polar surface area (TPSA) is 132 Å². The first-order valence-electron chi connectivity index (χ1n) is 3.73. The molecule has 13 heavy (non-hydrogen) atoms. The molecule has 0 radical (unpaired) electrons. The van der Waals surface area contributed by atoms with Crippen LogP contribution in [0.1, 0.15) is 19.8 Å². The maximum absolute atomic E-state index is 10.6. The van der Waals surface area contributed by atoms with Gasteiger partial charge in [-0.1, -0.05) is 12.0 Å². The monoisotopic (exact) mass is 188 g/mol. The Morgan fingerprint density at radius 2 is 2.38 bits per heavy atom. The van der Waals surface area contributed by atoms with Crippen molar-refractivity contribution < 1.29 is 15.0 Å². The molecule has 0 aliphatic rings. The average molecular weight is 188 g/mol. The summed E-state index contributed by atoms with van der Waals surface area (Å²) in [5, 5.41) is 20.7. The summed E-state index contributed by atoms with van der Waals surface area (Å²) in [4.78, 5) is 12.9. The number of rotatable bonds is 5. The van der Waals surface area contributed by atoms with Crippen LogP contribution in [-0.2, 0) is 4.79 Å². The Labute approximate surface area is 74.8 Å². The Morgan fingerprint density at radius 1 is 1.85 bits per heavy atom. The minimum Gasteiger partial charge on any atom is -0.480 e. The first-order chi connectivity index (χ1) is 5.96. The van der Waals surface area contributed by atoms with E-state index in [1.54, 1.807) is 6.92 Å². The van der Waals surface area contributed by atoms with Gasteiger partial charge in [-0.3, -0.25) is 4.79 Å². The van der Waals surface area contributed by atoms with Gasteiger partial charge in [-0.15, -0.1) is 0 Å². The lowest BCUT2D eigenvalue weighted by Crippen LogP contribution is -2.48. The fraction of sp³-hybridized carbons (Fsp3) is 0.833. The number of hydrogen-bond donors (Lipinski definition) is 3. The van der Waals surface area contributed by atoms with Crippen molar-refractivity contribution in [3.05, 3.63) is 10.4 Å². The van der Waals surface area contributed by atoms with Crippen LogP contribution in [0.25, 0.3) is 10.4 Å². The van der Waals surface area contributed by atoms with Crippen LogP contribution >= 0.6 is 0 Å². The van der Waals surface area contributed by atoms with E-state index in [-0.39, 0.29) is 6.42 Å². The maximum Gasteiger partial charge on any atom is 0.329 e. The highest BCUT2D eigenvalue weighted by molar-refractivity contribution is 5.78. The van der Waals surface area contributed by atoms with Gasteiger partial charge in [0, 0.05) is 11.3 Å². The minimum absolute atomic E-state index is 0.289. The molecule has 0 aliphatic heterocycles. The number of carbonyl (C=O) groups is 1. The van der Waals surface area contributed by atoms with Crippen LogP contribution in [0.5, 0.6) is 0 Å². The summed E-state index contributed by atoms with van der Waals surface area (Å²) < 4.78 is 0. The first-order valence-corrected chi connectivity index (χ1v) is 3.73. The molecule has 7 nitrogen and oxygen atoms in total. The van der Waals surface area contributed by atoms with Crippen molar-refractivity contribution in [2.45, 2.75) is 31.5 Å². The molecule has 1 unspecified atom stereocenters. The van der Waals surface area contributed by atoms with Crippen molar-refractivity contribution in [2.75, 3.05) is 0 Å². The van der Waals surface area contributed by atoms with Crippen molar-refractivity contribution >= 4 is 5.97 Å². The minimum atomic E-state index is -2.05. The molecule has 0 saturated heterocycles. The van der Waals surface area contributed by atoms with E-state index in [0.29, 0.717) is 6.42 Å². The molecule has 7 heteroatoms. The zero-order valence-electron chi connectivity index (χ0n) is 7.21. The number of aliphatic carboxylic acids is 1. The number of aliphatic hydroxyl groups is 1. The van der Waals surface area contributed by atoms with Gasteiger partial charge in [-0.05, 0) is 12.0 Å². The first kappa shape index (κ1) is 11.7. The van der Waals surface area contributed by atoms with Crippen LogP contribution < -0.4 is 5.73 Å². The predicted octanol–water partition coefficient (Wildman–Crippen LogP) is 0.197. The average Bonchev–Trinajstić information content (AvgIpc) is 2.04. The molecule has 74 valence electrons. The van der Waals surface area contributed by atoms with Gasteiger partial charge >= 0.3 is 5.97 Å².